The number of unbranched alkanes of at least 4 members (excludes halogenated alkanes) is 3. The Morgan fingerprint density at radius 2 is 2.20 bits per heavy atom. The second-order valence-corrected chi connectivity index (χ2v) is 3.86. The first-order valence-electron chi connectivity index (χ1n) is 5.22. The van der Waals surface area contributed by atoms with Crippen molar-refractivity contribution in [2.45, 2.75) is 45.6 Å². The first-order chi connectivity index (χ1) is 7.36. The fourth-order valence-electron chi connectivity index (χ4n) is 1.25. The van der Waals surface area contributed by atoms with Gasteiger partial charge in [-0.1, -0.05) is 32.1 Å². The van der Waals surface area contributed by atoms with E-state index in [-0.39, 0.29) is 0 Å². The maximum absolute atomic E-state index is 4.23. The van der Waals surface area contributed by atoms with E-state index in [0.717, 1.165) is 18.7 Å². The van der Waals surface area contributed by atoms with Crippen LogP contribution in [0.4, 0.5) is 0 Å². The molecule has 0 N–H and O–H groups in total. The standard InChI is InChI=1S/C10H15IN4/c1-2-3-4-5-7-10-12-14-15(13-10)9-6-8-11/h2-5,7,9H2,1H3. The zero-order valence-electron chi connectivity index (χ0n) is 8.91. The highest BCUT2D eigenvalue weighted by Crippen LogP contribution is 2.02. The van der Waals surface area contributed by atoms with Crippen molar-refractivity contribution in [1.82, 2.24) is 20.2 Å². The van der Waals surface area contributed by atoms with Crippen LogP contribution in [0.25, 0.3) is 0 Å². The lowest BCUT2D eigenvalue weighted by Crippen LogP contribution is -2.00. The second-order valence-electron chi connectivity index (χ2n) is 3.32. The van der Waals surface area contributed by atoms with E-state index in [2.05, 4.69) is 32.2 Å². The molecule has 1 aromatic rings. The molecule has 1 rings (SSSR count). The van der Waals surface area contributed by atoms with E-state index in [1.54, 1.807) is 4.80 Å². The lowest BCUT2D eigenvalue weighted by Gasteiger charge is -1.94. The molecule has 0 fully saturated rings. The summed E-state index contributed by atoms with van der Waals surface area (Å²) in [7, 11) is 0. The van der Waals surface area contributed by atoms with Gasteiger partial charge >= 0.3 is 0 Å². The van der Waals surface area contributed by atoms with E-state index >= 15 is 0 Å². The molecule has 0 saturated carbocycles. The van der Waals surface area contributed by atoms with Crippen LogP contribution >= 0.6 is 22.6 Å². The summed E-state index contributed by atoms with van der Waals surface area (Å²) in [5, 5.41) is 12.1. The molecule has 0 aliphatic heterocycles. The molecule has 0 aromatic carbocycles. The van der Waals surface area contributed by atoms with Crippen LogP contribution in [0, 0.1) is 9.85 Å². The molecule has 0 unspecified atom stereocenters. The van der Waals surface area contributed by atoms with Crippen LogP contribution in [0.1, 0.15) is 38.4 Å². The third kappa shape index (κ3) is 5.11. The molecule has 0 amide bonds. The molecule has 0 bridgehead atoms. The monoisotopic (exact) mass is 318 g/mol. The minimum Gasteiger partial charge on any atom is -0.152 e. The van der Waals surface area contributed by atoms with Crippen molar-refractivity contribution in [2.24, 2.45) is 0 Å². The summed E-state index contributed by atoms with van der Waals surface area (Å²) in [6, 6.07) is 0. The number of tetrazole rings is 1. The molecule has 0 aliphatic rings. The van der Waals surface area contributed by atoms with Crippen molar-refractivity contribution in [3.63, 3.8) is 0 Å². The van der Waals surface area contributed by atoms with Gasteiger partial charge in [-0.25, -0.2) is 0 Å². The van der Waals surface area contributed by atoms with Crippen molar-refractivity contribution in [1.29, 1.82) is 0 Å². The van der Waals surface area contributed by atoms with Crippen molar-refractivity contribution < 1.29 is 0 Å². The lowest BCUT2D eigenvalue weighted by molar-refractivity contribution is 0.587. The highest BCUT2D eigenvalue weighted by atomic mass is 127. The smallest absolute Gasteiger partial charge is 0.152 e. The van der Waals surface area contributed by atoms with E-state index in [0.29, 0.717) is 6.54 Å². The molecule has 15 heavy (non-hydrogen) atoms. The predicted molar refractivity (Wildman–Crippen MR) is 67.5 cm³/mol. The molecule has 5 heteroatoms. The van der Waals surface area contributed by atoms with Gasteiger partial charge in [-0.05, 0) is 15.6 Å². The third-order valence-electron chi connectivity index (χ3n) is 2.04. The van der Waals surface area contributed by atoms with Gasteiger partial charge < -0.3 is 0 Å². The van der Waals surface area contributed by atoms with Gasteiger partial charge in [0.1, 0.15) is 6.54 Å². The first-order valence-corrected chi connectivity index (χ1v) is 6.30. The Labute approximate surface area is 104 Å². The minimum atomic E-state index is 0.533. The van der Waals surface area contributed by atoms with E-state index < -0.39 is 0 Å². The number of rotatable bonds is 6. The van der Waals surface area contributed by atoms with Crippen LogP contribution in [0.15, 0.2) is 0 Å². The summed E-state index contributed by atoms with van der Waals surface area (Å²) in [5.74, 6) is 3.72. The Morgan fingerprint density at radius 1 is 1.33 bits per heavy atom. The Balaban J connectivity index is 2.28. The Bertz CT molecular complexity index is 337. The van der Waals surface area contributed by atoms with Crippen molar-refractivity contribution in [2.75, 3.05) is 0 Å². The Morgan fingerprint density at radius 3 is 2.93 bits per heavy atom. The van der Waals surface area contributed by atoms with Crippen molar-refractivity contribution in [3.05, 3.63) is 5.82 Å². The quantitative estimate of drug-likeness (QED) is 0.459. The molecular weight excluding hydrogens is 303 g/mol. The lowest BCUT2D eigenvalue weighted by atomic mass is 10.1. The maximum atomic E-state index is 4.23. The highest BCUT2D eigenvalue weighted by Gasteiger charge is 2.00. The molecule has 0 aliphatic carbocycles. The Kier molecular flexibility index (Phi) is 6.32. The van der Waals surface area contributed by atoms with Gasteiger partial charge in [-0.3, -0.25) is 0 Å². The number of halogens is 1. The summed E-state index contributed by atoms with van der Waals surface area (Å²) in [6.07, 6.45) is 5.87. The Hall–Kier alpha value is -0.640. The molecule has 0 saturated heterocycles. The number of aryl methyl sites for hydroxylation is 1. The second kappa shape index (κ2) is 7.63. The molecule has 0 atom stereocenters. The zero-order valence-corrected chi connectivity index (χ0v) is 11.1. The summed E-state index contributed by atoms with van der Waals surface area (Å²) in [5.41, 5.74) is 0. The van der Waals surface area contributed by atoms with Crippen LogP contribution < -0.4 is 0 Å². The van der Waals surface area contributed by atoms with Gasteiger partial charge in [-0.15, -0.1) is 10.2 Å². The van der Waals surface area contributed by atoms with Crippen LogP contribution in [-0.2, 0) is 13.0 Å². The summed E-state index contributed by atoms with van der Waals surface area (Å²) < 4.78 is 2.78. The van der Waals surface area contributed by atoms with Crippen LogP contribution in [-0.4, -0.2) is 20.2 Å². The van der Waals surface area contributed by atoms with Gasteiger partial charge in [0.25, 0.3) is 0 Å². The molecule has 0 spiro atoms. The number of aromatic nitrogens is 4. The van der Waals surface area contributed by atoms with Gasteiger partial charge in [0.05, 0.1) is 0 Å². The van der Waals surface area contributed by atoms with E-state index in [1.165, 1.54) is 19.3 Å². The summed E-state index contributed by atoms with van der Waals surface area (Å²) in [6.45, 7) is 2.74. The molecule has 4 nitrogen and oxygen atoms in total. The number of hydrogen-bond donors (Lipinski definition) is 0. The van der Waals surface area contributed by atoms with Crippen molar-refractivity contribution in [3.8, 4) is 9.85 Å². The summed E-state index contributed by atoms with van der Waals surface area (Å²) in [4.78, 5) is 1.54. The van der Waals surface area contributed by atoms with Crippen LogP contribution in [0.3, 0.4) is 0 Å². The molecule has 0 radical (unpaired) electrons. The van der Waals surface area contributed by atoms with E-state index in [4.69, 9.17) is 0 Å². The average Bonchev–Trinajstić information content (AvgIpc) is 2.69. The fourth-order valence-corrected chi connectivity index (χ4v) is 1.42. The van der Waals surface area contributed by atoms with Gasteiger partial charge in [0, 0.05) is 29.0 Å². The van der Waals surface area contributed by atoms with Gasteiger partial charge in [-0.2, -0.15) is 4.80 Å². The third-order valence-corrected chi connectivity index (χ3v) is 2.42. The zero-order chi connectivity index (χ0) is 10.9. The molecule has 1 heterocycles. The normalized spacial score (nSPS) is 9.73. The fraction of sp³-hybridized carbons (Fsp3) is 0.700. The van der Waals surface area contributed by atoms with Gasteiger partial charge in [0.15, 0.2) is 5.82 Å². The minimum absolute atomic E-state index is 0.533. The van der Waals surface area contributed by atoms with E-state index in [1.807, 2.05) is 22.6 Å². The predicted octanol–water partition coefficient (Wildman–Crippen LogP) is 2.19. The number of nitrogens with zero attached hydrogens (tertiary/aromatic N) is 4. The first kappa shape index (κ1) is 12.4. The maximum Gasteiger partial charge on any atom is 0.174 e. The van der Waals surface area contributed by atoms with Crippen molar-refractivity contribution >= 4 is 22.6 Å². The SMILES string of the molecule is CCCCCCc1nnn(CC#CI)n1. The average molecular weight is 318 g/mol. The summed E-state index contributed by atoms with van der Waals surface area (Å²) >= 11 is 2.00. The highest BCUT2D eigenvalue weighted by molar-refractivity contribution is 14.1. The molecular formula is C10H15IN4. The topological polar surface area (TPSA) is 43.6 Å². The number of hydrogen-bond acceptors (Lipinski definition) is 3. The van der Waals surface area contributed by atoms with E-state index in [9.17, 15) is 0 Å². The van der Waals surface area contributed by atoms with Crippen LogP contribution in [0.2, 0.25) is 0 Å². The van der Waals surface area contributed by atoms with Crippen LogP contribution in [0.5, 0.6) is 0 Å². The molecule has 82 valence electrons. The molecule has 1 aromatic heterocycles. The van der Waals surface area contributed by atoms with Gasteiger partial charge in [0.2, 0.25) is 0 Å². The largest absolute Gasteiger partial charge is 0.174 e.